The number of anilines is 2. The Labute approximate surface area is 114 Å². The number of nitrogens with zero attached hydrogens (tertiary/aromatic N) is 2. The third-order valence-electron chi connectivity index (χ3n) is 3.21. The fourth-order valence-electron chi connectivity index (χ4n) is 2.24. The zero-order valence-corrected chi connectivity index (χ0v) is 11.8. The van der Waals surface area contributed by atoms with Crippen LogP contribution >= 0.6 is 12.2 Å². The molecular weight excluding hydrogens is 244 g/mol. The Balaban J connectivity index is 2.00. The number of aromatic nitrogens is 1. The van der Waals surface area contributed by atoms with Gasteiger partial charge in [0.1, 0.15) is 5.82 Å². The molecule has 0 amide bonds. The predicted octanol–water partition coefficient (Wildman–Crippen LogP) is 2.23. The predicted molar refractivity (Wildman–Crippen MR) is 80.1 cm³/mol. The molecule has 0 aliphatic carbocycles. The lowest BCUT2D eigenvalue weighted by molar-refractivity contribution is 0.444. The fourth-order valence-corrected chi connectivity index (χ4v) is 2.36. The van der Waals surface area contributed by atoms with Crippen LogP contribution < -0.4 is 15.5 Å². The van der Waals surface area contributed by atoms with Gasteiger partial charge in [-0.05, 0) is 43.1 Å². The second-order valence-corrected chi connectivity index (χ2v) is 5.21. The third-order valence-corrected chi connectivity index (χ3v) is 3.52. The minimum atomic E-state index is 0.608. The molecule has 0 spiro atoms. The summed E-state index contributed by atoms with van der Waals surface area (Å²) >= 11 is 5.05. The van der Waals surface area contributed by atoms with Crippen LogP contribution in [0.25, 0.3) is 0 Å². The Morgan fingerprint density at radius 1 is 1.50 bits per heavy atom. The molecule has 1 saturated heterocycles. The molecule has 0 aromatic carbocycles. The first-order valence-corrected chi connectivity index (χ1v) is 6.79. The van der Waals surface area contributed by atoms with Crippen molar-refractivity contribution in [1.29, 1.82) is 0 Å². The van der Waals surface area contributed by atoms with Gasteiger partial charge in [-0.25, -0.2) is 4.98 Å². The Morgan fingerprint density at radius 3 is 2.94 bits per heavy atom. The van der Waals surface area contributed by atoms with Gasteiger partial charge >= 0.3 is 0 Å². The van der Waals surface area contributed by atoms with E-state index in [4.69, 9.17) is 12.2 Å². The minimum absolute atomic E-state index is 0.608. The zero-order chi connectivity index (χ0) is 13.0. The molecule has 2 N–H and O–H groups in total. The van der Waals surface area contributed by atoms with Crippen LogP contribution in [0.3, 0.4) is 0 Å². The Bertz CT molecular complexity index is 404. The standard InChI is InChI=1S/C13H20N4S/c1-10-4-3-7-17(9-10)12-6-5-11(8-15-12)16-13(18)14-2/h5-6,8,10H,3-4,7,9H2,1-2H3,(H2,14,16,18). The largest absolute Gasteiger partial charge is 0.366 e. The monoisotopic (exact) mass is 264 g/mol. The summed E-state index contributed by atoms with van der Waals surface area (Å²) in [6.45, 7) is 4.52. The summed E-state index contributed by atoms with van der Waals surface area (Å²) in [5, 5.41) is 6.56. The maximum Gasteiger partial charge on any atom is 0.170 e. The molecule has 1 aliphatic heterocycles. The lowest BCUT2D eigenvalue weighted by Crippen LogP contribution is -2.34. The normalized spacial score (nSPS) is 19.4. The molecular formula is C13H20N4S. The molecule has 1 aromatic rings. The van der Waals surface area contributed by atoms with Crippen LogP contribution in [0.4, 0.5) is 11.5 Å². The average Bonchev–Trinajstić information content (AvgIpc) is 2.39. The van der Waals surface area contributed by atoms with Crippen molar-refractivity contribution < 1.29 is 0 Å². The fraction of sp³-hybridized carbons (Fsp3) is 0.538. The number of pyridine rings is 1. The van der Waals surface area contributed by atoms with Crippen molar-refractivity contribution in [3.8, 4) is 0 Å². The molecule has 1 fully saturated rings. The van der Waals surface area contributed by atoms with Crippen LogP contribution in [0.5, 0.6) is 0 Å². The Kier molecular flexibility index (Phi) is 4.36. The van der Waals surface area contributed by atoms with Crippen LogP contribution in [0.1, 0.15) is 19.8 Å². The van der Waals surface area contributed by atoms with E-state index in [1.54, 1.807) is 7.05 Å². The van der Waals surface area contributed by atoms with Gasteiger partial charge in [0.05, 0.1) is 11.9 Å². The topological polar surface area (TPSA) is 40.2 Å². The van der Waals surface area contributed by atoms with Crippen LogP contribution in [0.2, 0.25) is 0 Å². The summed E-state index contributed by atoms with van der Waals surface area (Å²) < 4.78 is 0. The number of rotatable bonds is 2. The van der Waals surface area contributed by atoms with E-state index < -0.39 is 0 Å². The number of hydrogen-bond donors (Lipinski definition) is 2. The van der Waals surface area contributed by atoms with Gasteiger partial charge in [0.2, 0.25) is 0 Å². The van der Waals surface area contributed by atoms with Crippen molar-refractivity contribution >= 4 is 28.8 Å². The molecule has 2 heterocycles. The van der Waals surface area contributed by atoms with Gasteiger partial charge in [-0.1, -0.05) is 6.92 Å². The van der Waals surface area contributed by atoms with Crippen molar-refractivity contribution in [2.75, 3.05) is 30.4 Å². The van der Waals surface area contributed by atoms with Gasteiger partial charge in [-0.15, -0.1) is 0 Å². The minimum Gasteiger partial charge on any atom is -0.366 e. The van der Waals surface area contributed by atoms with Gasteiger partial charge in [-0.3, -0.25) is 0 Å². The molecule has 0 radical (unpaired) electrons. The summed E-state index contributed by atoms with van der Waals surface area (Å²) in [5.74, 6) is 1.82. The van der Waals surface area contributed by atoms with Gasteiger partial charge in [-0.2, -0.15) is 0 Å². The number of piperidine rings is 1. The molecule has 4 nitrogen and oxygen atoms in total. The first kappa shape index (κ1) is 13.1. The summed E-state index contributed by atoms with van der Waals surface area (Å²) in [7, 11) is 1.80. The van der Waals surface area contributed by atoms with Gasteiger partial charge < -0.3 is 15.5 Å². The van der Waals surface area contributed by atoms with Crippen molar-refractivity contribution in [2.45, 2.75) is 19.8 Å². The van der Waals surface area contributed by atoms with Gasteiger partial charge in [0.15, 0.2) is 5.11 Å². The third kappa shape index (κ3) is 3.32. The van der Waals surface area contributed by atoms with E-state index in [1.165, 1.54) is 12.8 Å². The maximum atomic E-state index is 5.05. The van der Waals surface area contributed by atoms with Gasteiger partial charge in [0.25, 0.3) is 0 Å². The summed E-state index contributed by atoms with van der Waals surface area (Å²) in [6, 6.07) is 4.07. The summed E-state index contributed by atoms with van der Waals surface area (Å²) in [4.78, 5) is 6.86. The van der Waals surface area contributed by atoms with E-state index in [0.29, 0.717) is 5.11 Å². The van der Waals surface area contributed by atoms with E-state index in [0.717, 1.165) is 30.5 Å². The highest BCUT2D eigenvalue weighted by Crippen LogP contribution is 2.21. The quantitative estimate of drug-likeness (QED) is 0.802. The highest BCUT2D eigenvalue weighted by Gasteiger charge is 2.17. The SMILES string of the molecule is CNC(=S)Nc1ccc(N2CCCC(C)C2)nc1. The van der Waals surface area contributed by atoms with Crippen molar-refractivity contribution in [3.05, 3.63) is 18.3 Å². The highest BCUT2D eigenvalue weighted by atomic mass is 32.1. The van der Waals surface area contributed by atoms with Crippen LogP contribution in [-0.2, 0) is 0 Å². The average molecular weight is 264 g/mol. The molecule has 0 bridgehead atoms. The van der Waals surface area contributed by atoms with Crippen molar-refractivity contribution in [2.24, 2.45) is 5.92 Å². The second-order valence-electron chi connectivity index (χ2n) is 4.80. The molecule has 1 aliphatic rings. The van der Waals surface area contributed by atoms with E-state index in [1.807, 2.05) is 12.3 Å². The van der Waals surface area contributed by atoms with Crippen LogP contribution in [0, 0.1) is 5.92 Å². The lowest BCUT2D eigenvalue weighted by Gasteiger charge is -2.31. The first-order valence-electron chi connectivity index (χ1n) is 6.39. The Morgan fingerprint density at radius 2 is 2.33 bits per heavy atom. The van der Waals surface area contributed by atoms with E-state index >= 15 is 0 Å². The molecule has 1 aromatic heterocycles. The molecule has 18 heavy (non-hydrogen) atoms. The number of nitrogens with one attached hydrogen (secondary N) is 2. The maximum absolute atomic E-state index is 5.05. The number of thiocarbonyl (C=S) groups is 1. The molecule has 98 valence electrons. The van der Waals surface area contributed by atoms with Crippen molar-refractivity contribution in [3.63, 3.8) is 0 Å². The first-order chi connectivity index (χ1) is 8.69. The zero-order valence-electron chi connectivity index (χ0n) is 10.9. The molecule has 1 atom stereocenters. The van der Waals surface area contributed by atoms with Gasteiger partial charge in [0, 0.05) is 20.1 Å². The Hall–Kier alpha value is -1.36. The van der Waals surface area contributed by atoms with Crippen molar-refractivity contribution in [1.82, 2.24) is 10.3 Å². The van der Waals surface area contributed by atoms with E-state index in [-0.39, 0.29) is 0 Å². The summed E-state index contributed by atoms with van der Waals surface area (Å²) in [6.07, 6.45) is 4.41. The molecule has 2 rings (SSSR count). The van der Waals surface area contributed by atoms with Crippen LogP contribution in [0.15, 0.2) is 18.3 Å². The summed E-state index contributed by atoms with van der Waals surface area (Å²) in [5.41, 5.74) is 0.920. The molecule has 5 heteroatoms. The molecule has 1 unspecified atom stereocenters. The van der Waals surface area contributed by atoms with E-state index in [2.05, 4.69) is 33.5 Å². The second kappa shape index (κ2) is 6.00. The number of hydrogen-bond acceptors (Lipinski definition) is 3. The van der Waals surface area contributed by atoms with Crippen LogP contribution in [-0.4, -0.2) is 30.2 Å². The van der Waals surface area contributed by atoms with E-state index in [9.17, 15) is 0 Å². The highest BCUT2D eigenvalue weighted by molar-refractivity contribution is 7.80. The molecule has 0 saturated carbocycles. The lowest BCUT2D eigenvalue weighted by atomic mass is 10.0. The smallest absolute Gasteiger partial charge is 0.170 e.